The summed E-state index contributed by atoms with van der Waals surface area (Å²) in [5.41, 5.74) is 1.82. The zero-order valence-corrected chi connectivity index (χ0v) is 17.0. The molecule has 0 saturated heterocycles. The predicted molar refractivity (Wildman–Crippen MR) is 116 cm³/mol. The highest BCUT2D eigenvalue weighted by Crippen LogP contribution is 2.24. The number of nitrogens with zero attached hydrogens (tertiary/aromatic N) is 4. The molecule has 4 rings (SSSR count). The molecule has 146 valence electrons. The fourth-order valence-corrected chi connectivity index (χ4v) is 3.28. The Morgan fingerprint density at radius 2 is 1.66 bits per heavy atom. The van der Waals surface area contributed by atoms with Crippen molar-refractivity contribution in [3.05, 3.63) is 79.0 Å². The monoisotopic (exact) mass is 403 g/mol. The third kappa shape index (κ3) is 4.94. The van der Waals surface area contributed by atoms with Gasteiger partial charge in [-0.15, -0.1) is 5.10 Å². The van der Waals surface area contributed by atoms with Crippen LogP contribution in [0, 0.1) is 0 Å². The summed E-state index contributed by atoms with van der Waals surface area (Å²) in [5, 5.41) is 4.48. The number of nitrogens with one attached hydrogen (secondary N) is 1. The number of hydrogen-bond donors (Lipinski definition) is 1. The summed E-state index contributed by atoms with van der Waals surface area (Å²) in [6.07, 6.45) is 1.89. The van der Waals surface area contributed by atoms with Crippen LogP contribution in [0.2, 0.25) is 0 Å². The van der Waals surface area contributed by atoms with Crippen LogP contribution in [0.4, 0.5) is 5.95 Å². The minimum atomic E-state index is 0.0585. The van der Waals surface area contributed by atoms with Gasteiger partial charge in [-0.3, -0.25) is 4.72 Å². The lowest BCUT2D eigenvalue weighted by molar-refractivity contribution is 0.231. The SMILES string of the molecule is CC(C)Oc1ccn(-c2cc(-c3ccccc3)nc(NSc3ccccc3)n2)n1. The number of hydrogen-bond acceptors (Lipinski definition) is 6. The summed E-state index contributed by atoms with van der Waals surface area (Å²) in [6, 6.07) is 23.8. The Labute approximate surface area is 174 Å². The Balaban J connectivity index is 1.67. The Morgan fingerprint density at radius 3 is 2.38 bits per heavy atom. The largest absolute Gasteiger partial charge is 0.474 e. The molecule has 0 atom stereocenters. The molecule has 0 aliphatic carbocycles. The summed E-state index contributed by atoms with van der Waals surface area (Å²) < 4.78 is 10.6. The first-order valence-corrected chi connectivity index (χ1v) is 10.1. The molecular formula is C22H21N5OS. The minimum absolute atomic E-state index is 0.0585. The first kappa shape index (κ1) is 19.0. The highest BCUT2D eigenvalue weighted by molar-refractivity contribution is 8.00. The van der Waals surface area contributed by atoms with Gasteiger partial charge in [0.05, 0.1) is 11.8 Å². The van der Waals surface area contributed by atoms with Gasteiger partial charge in [0, 0.05) is 28.8 Å². The van der Waals surface area contributed by atoms with Crippen molar-refractivity contribution in [2.45, 2.75) is 24.8 Å². The minimum Gasteiger partial charge on any atom is -0.474 e. The molecule has 4 aromatic rings. The molecule has 1 N–H and O–H groups in total. The van der Waals surface area contributed by atoms with Crippen LogP contribution in [-0.4, -0.2) is 25.9 Å². The summed E-state index contributed by atoms with van der Waals surface area (Å²) >= 11 is 1.47. The molecule has 0 saturated carbocycles. The van der Waals surface area contributed by atoms with Crippen LogP contribution < -0.4 is 9.46 Å². The molecular weight excluding hydrogens is 382 g/mol. The Bertz CT molecular complexity index is 1070. The van der Waals surface area contributed by atoms with E-state index in [1.165, 1.54) is 11.9 Å². The molecule has 0 aliphatic rings. The van der Waals surface area contributed by atoms with Crippen molar-refractivity contribution in [1.82, 2.24) is 19.7 Å². The molecule has 0 aliphatic heterocycles. The lowest BCUT2D eigenvalue weighted by atomic mass is 10.1. The van der Waals surface area contributed by atoms with Crippen LogP contribution in [0.3, 0.4) is 0 Å². The van der Waals surface area contributed by atoms with E-state index in [2.05, 4.69) is 19.8 Å². The van der Waals surface area contributed by atoms with Gasteiger partial charge in [0.25, 0.3) is 0 Å². The van der Waals surface area contributed by atoms with Gasteiger partial charge in [-0.1, -0.05) is 48.5 Å². The van der Waals surface area contributed by atoms with E-state index in [1.54, 1.807) is 4.68 Å². The van der Waals surface area contributed by atoms with Gasteiger partial charge >= 0.3 is 0 Å². The fourth-order valence-electron chi connectivity index (χ4n) is 2.69. The number of aromatic nitrogens is 4. The second kappa shape index (κ2) is 8.79. The van der Waals surface area contributed by atoms with E-state index in [4.69, 9.17) is 4.74 Å². The molecule has 0 unspecified atom stereocenters. The van der Waals surface area contributed by atoms with Gasteiger partial charge in [0.1, 0.15) is 0 Å². The smallest absolute Gasteiger partial charge is 0.235 e. The van der Waals surface area contributed by atoms with Crippen LogP contribution >= 0.6 is 11.9 Å². The lowest BCUT2D eigenvalue weighted by Gasteiger charge is -2.10. The molecule has 2 aromatic carbocycles. The standard InChI is InChI=1S/C22H21N5OS/c1-16(2)28-21-13-14-27(25-21)20-15-19(17-9-5-3-6-10-17)23-22(24-20)26-29-18-11-7-4-8-12-18/h3-16H,1-2H3,(H,23,24,26). The van der Waals surface area contributed by atoms with E-state index in [0.717, 1.165) is 16.2 Å². The summed E-state index contributed by atoms with van der Waals surface area (Å²) in [5.74, 6) is 1.73. The summed E-state index contributed by atoms with van der Waals surface area (Å²) in [6.45, 7) is 3.94. The van der Waals surface area contributed by atoms with Crippen LogP contribution in [-0.2, 0) is 0 Å². The number of ether oxygens (including phenoxy) is 1. The summed E-state index contributed by atoms with van der Waals surface area (Å²) in [7, 11) is 0. The maximum absolute atomic E-state index is 5.67. The second-order valence-corrected chi connectivity index (χ2v) is 7.46. The molecule has 6 nitrogen and oxygen atoms in total. The molecule has 0 amide bonds. The van der Waals surface area contributed by atoms with Gasteiger partial charge in [-0.2, -0.15) is 4.98 Å². The summed E-state index contributed by atoms with van der Waals surface area (Å²) in [4.78, 5) is 10.4. The highest BCUT2D eigenvalue weighted by atomic mass is 32.2. The van der Waals surface area contributed by atoms with Crippen molar-refractivity contribution < 1.29 is 4.74 Å². The van der Waals surface area contributed by atoms with Crippen LogP contribution in [0.15, 0.2) is 83.9 Å². The number of anilines is 1. The third-order valence-electron chi connectivity index (χ3n) is 3.94. The first-order valence-electron chi connectivity index (χ1n) is 9.32. The van der Waals surface area contributed by atoms with Crippen molar-refractivity contribution in [3.8, 4) is 23.0 Å². The average molecular weight is 404 g/mol. The Hall–Kier alpha value is -3.32. The van der Waals surface area contributed by atoms with Gasteiger partial charge in [-0.05, 0) is 37.9 Å². The van der Waals surface area contributed by atoms with Gasteiger partial charge in [0.2, 0.25) is 11.8 Å². The van der Waals surface area contributed by atoms with Crippen molar-refractivity contribution >= 4 is 17.9 Å². The van der Waals surface area contributed by atoms with Crippen molar-refractivity contribution in [1.29, 1.82) is 0 Å². The maximum Gasteiger partial charge on any atom is 0.235 e. The van der Waals surface area contributed by atoms with E-state index in [9.17, 15) is 0 Å². The highest BCUT2D eigenvalue weighted by Gasteiger charge is 2.11. The molecule has 0 fully saturated rings. The van der Waals surface area contributed by atoms with E-state index < -0.39 is 0 Å². The fraction of sp³-hybridized carbons (Fsp3) is 0.136. The van der Waals surface area contributed by atoms with E-state index in [-0.39, 0.29) is 6.10 Å². The number of rotatable bonds is 7. The molecule has 0 bridgehead atoms. The zero-order valence-electron chi connectivity index (χ0n) is 16.2. The van der Waals surface area contributed by atoms with Gasteiger partial charge in [0.15, 0.2) is 5.82 Å². The molecule has 2 aromatic heterocycles. The van der Waals surface area contributed by atoms with Gasteiger partial charge in [-0.25, -0.2) is 9.67 Å². The molecule has 0 spiro atoms. The number of benzene rings is 2. The molecule has 29 heavy (non-hydrogen) atoms. The average Bonchev–Trinajstić information content (AvgIpc) is 3.21. The zero-order chi connectivity index (χ0) is 20.1. The van der Waals surface area contributed by atoms with Crippen LogP contribution in [0.5, 0.6) is 5.88 Å². The predicted octanol–water partition coefficient (Wildman–Crippen LogP) is 5.24. The second-order valence-electron chi connectivity index (χ2n) is 6.58. The van der Waals surface area contributed by atoms with Gasteiger partial charge < -0.3 is 4.74 Å². The Kier molecular flexibility index (Phi) is 5.76. The van der Waals surface area contributed by atoms with E-state index in [1.807, 2.05) is 92.8 Å². The van der Waals surface area contributed by atoms with Crippen molar-refractivity contribution in [2.75, 3.05) is 4.72 Å². The van der Waals surface area contributed by atoms with Crippen LogP contribution in [0.25, 0.3) is 17.1 Å². The molecule has 7 heteroatoms. The first-order chi connectivity index (χ1) is 14.2. The quantitative estimate of drug-likeness (QED) is 0.426. The third-order valence-corrected chi connectivity index (χ3v) is 4.73. The van der Waals surface area contributed by atoms with E-state index in [0.29, 0.717) is 17.6 Å². The molecule has 2 heterocycles. The van der Waals surface area contributed by atoms with Crippen molar-refractivity contribution in [2.24, 2.45) is 0 Å². The maximum atomic E-state index is 5.67. The van der Waals surface area contributed by atoms with Crippen LogP contribution in [0.1, 0.15) is 13.8 Å². The lowest BCUT2D eigenvalue weighted by Crippen LogP contribution is -2.07. The molecule has 0 radical (unpaired) electrons. The Morgan fingerprint density at radius 1 is 0.931 bits per heavy atom. The van der Waals surface area contributed by atoms with Crippen molar-refractivity contribution in [3.63, 3.8) is 0 Å². The topological polar surface area (TPSA) is 64.9 Å². The van der Waals surface area contributed by atoms with E-state index >= 15 is 0 Å². The normalized spacial score (nSPS) is 10.9.